The summed E-state index contributed by atoms with van der Waals surface area (Å²) < 4.78 is 10.4. The number of halogens is 1. The number of anilines is 1. The van der Waals surface area contributed by atoms with Gasteiger partial charge >= 0.3 is 0 Å². The van der Waals surface area contributed by atoms with Gasteiger partial charge in [-0.15, -0.1) is 24.0 Å². The maximum Gasteiger partial charge on any atom is 0.189 e. The molecule has 1 aromatic rings. The third-order valence-electron chi connectivity index (χ3n) is 3.56. The van der Waals surface area contributed by atoms with Crippen LogP contribution in [0.4, 0.5) is 5.69 Å². The molecule has 7 heteroatoms. The van der Waals surface area contributed by atoms with E-state index in [1.165, 1.54) is 5.69 Å². The van der Waals surface area contributed by atoms with E-state index in [1.54, 1.807) is 7.11 Å². The Kier molecular flexibility index (Phi) is 9.27. The number of rotatable bonds is 6. The molecule has 0 amide bonds. The Balaban J connectivity index is 0.00000264. The highest BCUT2D eigenvalue weighted by Crippen LogP contribution is 2.16. The first-order chi connectivity index (χ1) is 10.7. The average Bonchev–Trinajstić information content (AvgIpc) is 2.54. The molecule has 1 unspecified atom stereocenters. The molecule has 0 radical (unpaired) electrons. The molecule has 0 saturated carbocycles. The number of hydrogen-bond acceptors (Lipinski definition) is 4. The van der Waals surface area contributed by atoms with Crippen LogP contribution < -0.4 is 16.0 Å². The molecule has 1 aliphatic heterocycles. The zero-order valence-electron chi connectivity index (χ0n) is 13.8. The summed E-state index contributed by atoms with van der Waals surface area (Å²) in [6, 6.07) is 8.61. The lowest BCUT2D eigenvalue weighted by Gasteiger charge is -2.28. The van der Waals surface area contributed by atoms with Crippen LogP contribution in [0.1, 0.15) is 12.5 Å². The highest BCUT2D eigenvalue weighted by Gasteiger charge is 2.10. The molecule has 0 aromatic heterocycles. The predicted molar refractivity (Wildman–Crippen MR) is 105 cm³/mol. The molecule has 23 heavy (non-hydrogen) atoms. The van der Waals surface area contributed by atoms with Crippen molar-refractivity contribution in [3.05, 3.63) is 29.8 Å². The first-order valence-corrected chi connectivity index (χ1v) is 7.66. The maximum atomic E-state index is 5.86. The summed E-state index contributed by atoms with van der Waals surface area (Å²) in [4.78, 5) is 6.69. The van der Waals surface area contributed by atoms with Crippen LogP contribution in [-0.2, 0) is 16.0 Å². The number of hydrogen-bond donors (Lipinski definition) is 2. The van der Waals surface area contributed by atoms with Crippen molar-refractivity contribution in [3.63, 3.8) is 0 Å². The van der Waals surface area contributed by atoms with Gasteiger partial charge in [0.15, 0.2) is 5.96 Å². The van der Waals surface area contributed by atoms with Crippen LogP contribution in [0.25, 0.3) is 0 Å². The lowest BCUT2D eigenvalue weighted by atomic mass is 10.2. The van der Waals surface area contributed by atoms with Gasteiger partial charge in [0.05, 0.1) is 26.4 Å². The van der Waals surface area contributed by atoms with E-state index in [9.17, 15) is 0 Å². The number of methoxy groups -OCH3 is 1. The van der Waals surface area contributed by atoms with E-state index < -0.39 is 0 Å². The van der Waals surface area contributed by atoms with E-state index in [2.05, 4.69) is 39.5 Å². The summed E-state index contributed by atoms with van der Waals surface area (Å²) in [5.74, 6) is 0.446. The fourth-order valence-corrected chi connectivity index (χ4v) is 2.40. The van der Waals surface area contributed by atoms with Gasteiger partial charge in [0.2, 0.25) is 0 Å². The molecular formula is C16H27IN4O2. The zero-order chi connectivity index (χ0) is 15.8. The lowest BCUT2D eigenvalue weighted by molar-refractivity contribution is 0.122. The van der Waals surface area contributed by atoms with Gasteiger partial charge in [-0.3, -0.25) is 0 Å². The summed E-state index contributed by atoms with van der Waals surface area (Å²) in [6.07, 6.45) is 0. The molecule has 130 valence electrons. The molecule has 1 atom stereocenters. The topological polar surface area (TPSA) is 72.1 Å². The molecule has 3 N–H and O–H groups in total. The average molecular weight is 434 g/mol. The van der Waals surface area contributed by atoms with E-state index in [-0.39, 0.29) is 30.0 Å². The zero-order valence-corrected chi connectivity index (χ0v) is 16.2. The minimum Gasteiger partial charge on any atom is -0.383 e. The summed E-state index contributed by atoms with van der Waals surface area (Å²) >= 11 is 0. The number of nitrogens with one attached hydrogen (secondary N) is 1. The Bertz CT molecular complexity index is 475. The summed E-state index contributed by atoms with van der Waals surface area (Å²) in [5.41, 5.74) is 8.23. The Morgan fingerprint density at radius 2 is 2.00 bits per heavy atom. The highest BCUT2D eigenvalue weighted by atomic mass is 127. The molecule has 1 fully saturated rings. The minimum atomic E-state index is 0. The number of benzene rings is 1. The van der Waals surface area contributed by atoms with Crippen molar-refractivity contribution >= 4 is 35.6 Å². The first-order valence-electron chi connectivity index (χ1n) is 7.66. The van der Waals surface area contributed by atoms with Gasteiger partial charge in [-0.25, -0.2) is 4.99 Å². The van der Waals surface area contributed by atoms with Crippen LogP contribution in [-0.4, -0.2) is 52.0 Å². The summed E-state index contributed by atoms with van der Waals surface area (Å²) in [6.45, 7) is 6.68. The monoisotopic (exact) mass is 434 g/mol. The standard InChI is InChI=1S/C16H26N4O2.HI/c1-13(12-21-2)19-16(17)18-11-14-3-5-15(6-4-14)20-7-9-22-10-8-20;/h3-6,13H,7-12H2,1-2H3,(H3,17,18,19);1H. The second kappa shape index (κ2) is 10.7. The Morgan fingerprint density at radius 1 is 1.35 bits per heavy atom. The van der Waals surface area contributed by atoms with Crippen LogP contribution in [0, 0.1) is 0 Å². The van der Waals surface area contributed by atoms with Crippen LogP contribution in [0.3, 0.4) is 0 Å². The number of nitrogens with zero attached hydrogens (tertiary/aromatic N) is 2. The molecule has 2 rings (SSSR count). The molecule has 1 saturated heterocycles. The van der Waals surface area contributed by atoms with E-state index in [4.69, 9.17) is 15.2 Å². The van der Waals surface area contributed by atoms with Gasteiger partial charge in [0.25, 0.3) is 0 Å². The van der Waals surface area contributed by atoms with Crippen LogP contribution in [0.15, 0.2) is 29.3 Å². The number of nitrogens with two attached hydrogens (primary N) is 1. The molecule has 0 spiro atoms. The smallest absolute Gasteiger partial charge is 0.189 e. The summed E-state index contributed by atoms with van der Waals surface area (Å²) in [5, 5.41) is 3.09. The van der Waals surface area contributed by atoms with Crippen molar-refractivity contribution in [3.8, 4) is 0 Å². The third-order valence-corrected chi connectivity index (χ3v) is 3.56. The number of aliphatic imine (C=N–C) groups is 1. The van der Waals surface area contributed by atoms with Crippen molar-refractivity contribution in [2.45, 2.75) is 19.5 Å². The SMILES string of the molecule is COCC(C)NC(N)=NCc1ccc(N2CCOCC2)cc1.I. The Hall–Kier alpha value is -1.06. The predicted octanol–water partition coefficient (Wildman–Crippen LogP) is 1.58. The van der Waals surface area contributed by atoms with Gasteiger partial charge < -0.3 is 25.4 Å². The lowest BCUT2D eigenvalue weighted by Crippen LogP contribution is -2.40. The van der Waals surface area contributed by atoms with Gasteiger partial charge in [-0.1, -0.05) is 12.1 Å². The maximum absolute atomic E-state index is 5.86. The first kappa shape index (κ1) is 20.0. The quantitative estimate of drug-likeness (QED) is 0.404. The van der Waals surface area contributed by atoms with Gasteiger partial charge in [0.1, 0.15) is 0 Å². The molecule has 6 nitrogen and oxygen atoms in total. The fourth-order valence-electron chi connectivity index (χ4n) is 2.40. The van der Waals surface area contributed by atoms with E-state index in [0.29, 0.717) is 19.1 Å². The van der Waals surface area contributed by atoms with Crippen LogP contribution in [0.5, 0.6) is 0 Å². The largest absolute Gasteiger partial charge is 0.383 e. The van der Waals surface area contributed by atoms with Crippen LogP contribution >= 0.6 is 24.0 Å². The van der Waals surface area contributed by atoms with E-state index in [1.807, 2.05) is 6.92 Å². The third kappa shape index (κ3) is 6.92. The van der Waals surface area contributed by atoms with Crippen molar-refractivity contribution in [2.75, 3.05) is 44.9 Å². The van der Waals surface area contributed by atoms with Crippen molar-refractivity contribution in [2.24, 2.45) is 10.7 Å². The number of ether oxygens (including phenoxy) is 2. The normalized spacial score (nSPS) is 16.6. The van der Waals surface area contributed by atoms with Crippen LogP contribution in [0.2, 0.25) is 0 Å². The highest BCUT2D eigenvalue weighted by molar-refractivity contribution is 14.0. The Morgan fingerprint density at radius 3 is 2.61 bits per heavy atom. The van der Waals surface area contributed by atoms with Crippen molar-refractivity contribution in [1.29, 1.82) is 0 Å². The number of guanidine groups is 1. The molecule has 1 aliphatic rings. The Labute approximate surface area is 155 Å². The van der Waals surface area contributed by atoms with Gasteiger partial charge in [0, 0.05) is 31.9 Å². The molecule has 1 heterocycles. The van der Waals surface area contributed by atoms with Gasteiger partial charge in [-0.2, -0.15) is 0 Å². The minimum absolute atomic E-state index is 0. The molecule has 0 bridgehead atoms. The molecule has 0 aliphatic carbocycles. The van der Waals surface area contributed by atoms with Crippen molar-refractivity contribution in [1.82, 2.24) is 5.32 Å². The molecular weight excluding hydrogens is 407 g/mol. The molecule has 1 aromatic carbocycles. The van der Waals surface area contributed by atoms with E-state index >= 15 is 0 Å². The summed E-state index contributed by atoms with van der Waals surface area (Å²) in [7, 11) is 1.67. The second-order valence-electron chi connectivity index (χ2n) is 5.47. The second-order valence-corrected chi connectivity index (χ2v) is 5.47. The fraction of sp³-hybridized carbons (Fsp3) is 0.562. The van der Waals surface area contributed by atoms with E-state index in [0.717, 1.165) is 31.9 Å². The number of morpholine rings is 1. The van der Waals surface area contributed by atoms with Crippen molar-refractivity contribution < 1.29 is 9.47 Å². The van der Waals surface area contributed by atoms with Gasteiger partial charge in [-0.05, 0) is 24.6 Å².